The van der Waals surface area contributed by atoms with E-state index in [0.29, 0.717) is 18.1 Å². The second-order valence-electron chi connectivity index (χ2n) is 8.48. The molecule has 0 radical (unpaired) electrons. The van der Waals surface area contributed by atoms with Gasteiger partial charge in [0, 0.05) is 12.3 Å². The Labute approximate surface area is 153 Å². The van der Waals surface area contributed by atoms with Gasteiger partial charge in [0.25, 0.3) is 0 Å². The fourth-order valence-electron chi connectivity index (χ4n) is 4.00. The van der Waals surface area contributed by atoms with E-state index >= 15 is 0 Å². The summed E-state index contributed by atoms with van der Waals surface area (Å²) in [5.41, 5.74) is 0. The molecule has 1 aliphatic rings. The highest BCUT2D eigenvalue weighted by Gasteiger charge is 2.35. The van der Waals surface area contributed by atoms with Crippen LogP contribution in [0.15, 0.2) is 0 Å². The summed E-state index contributed by atoms with van der Waals surface area (Å²) in [6, 6.07) is 0. The third kappa shape index (κ3) is 5.80. The first-order valence-corrected chi connectivity index (χ1v) is 10.0. The zero-order valence-electron chi connectivity index (χ0n) is 17.1. The molecule has 0 aliphatic carbocycles. The zero-order valence-corrected chi connectivity index (χ0v) is 17.1. The summed E-state index contributed by atoms with van der Waals surface area (Å²) in [5, 5.41) is 10.7. The van der Waals surface area contributed by atoms with Crippen LogP contribution in [0.1, 0.15) is 74.1 Å². The number of ketones is 1. The molecule has 4 heteroatoms. The average Bonchev–Trinajstić information content (AvgIpc) is 2.59. The normalized spacial score (nSPS) is 42.6. The first-order chi connectivity index (χ1) is 11.6. The van der Waals surface area contributed by atoms with Crippen molar-refractivity contribution in [3.05, 3.63) is 0 Å². The van der Waals surface area contributed by atoms with E-state index in [9.17, 15) is 14.7 Å². The molecule has 4 nitrogen and oxygen atoms in total. The highest BCUT2D eigenvalue weighted by Crippen LogP contribution is 2.32. The summed E-state index contributed by atoms with van der Waals surface area (Å²) in [6.07, 6.45) is 1.96. The molecule has 0 unspecified atom stereocenters. The molecule has 1 aliphatic heterocycles. The lowest BCUT2D eigenvalue weighted by Gasteiger charge is -2.34. The molecule has 1 fully saturated rings. The van der Waals surface area contributed by atoms with Crippen LogP contribution in [0.25, 0.3) is 0 Å². The molecule has 0 amide bonds. The number of hydrogen-bond donors (Lipinski definition) is 1. The molecule has 0 aromatic rings. The monoisotopic (exact) mass is 354 g/mol. The third-order valence-corrected chi connectivity index (χ3v) is 6.58. The van der Waals surface area contributed by atoms with Crippen LogP contribution >= 0.6 is 0 Å². The van der Waals surface area contributed by atoms with Crippen LogP contribution in [0, 0.1) is 35.5 Å². The summed E-state index contributed by atoms with van der Waals surface area (Å²) in [5.74, 6) is 0.102. The van der Waals surface area contributed by atoms with Gasteiger partial charge in [0.05, 0.1) is 12.0 Å². The number of Topliss-reactive ketones (excluding diaryl/α,β-unsaturated/α-hetero) is 1. The van der Waals surface area contributed by atoms with Gasteiger partial charge in [-0.15, -0.1) is 0 Å². The molecule has 1 saturated heterocycles. The van der Waals surface area contributed by atoms with Gasteiger partial charge in [-0.25, -0.2) is 0 Å². The standard InChI is InChI=1S/C21H38O4/c1-8-19-14(4)11-13(3)18(22)10-9-12(2)15(5)16(6)20(23)17(7)21(24)25-19/h12-17,19-20,23H,8-11H2,1-7H3/t12-,13+,14+,15-,16+,17+,19+,20-/m0/s1. The van der Waals surface area contributed by atoms with Crippen molar-refractivity contribution in [2.24, 2.45) is 35.5 Å². The van der Waals surface area contributed by atoms with E-state index in [2.05, 4.69) is 13.8 Å². The number of carbonyl (C=O) groups is 2. The number of hydrogen-bond acceptors (Lipinski definition) is 4. The molecule has 0 spiro atoms. The Bertz CT molecular complexity index is 447. The molecular weight excluding hydrogens is 316 g/mol. The van der Waals surface area contributed by atoms with Crippen molar-refractivity contribution in [3.8, 4) is 0 Å². The van der Waals surface area contributed by atoms with Crippen LogP contribution in [-0.4, -0.2) is 29.1 Å². The SMILES string of the molecule is CC[C@H]1OC(=O)[C@H](C)[C@@H](O)[C@H](C)[C@@H](C)[C@@H](C)CCC(=O)[C@H](C)C[C@H]1C. The molecule has 1 heterocycles. The van der Waals surface area contributed by atoms with Gasteiger partial charge in [0.15, 0.2) is 0 Å². The van der Waals surface area contributed by atoms with E-state index in [1.807, 2.05) is 27.7 Å². The Morgan fingerprint density at radius 3 is 2.16 bits per heavy atom. The van der Waals surface area contributed by atoms with Gasteiger partial charge < -0.3 is 9.84 Å². The van der Waals surface area contributed by atoms with Crippen molar-refractivity contribution in [1.29, 1.82) is 0 Å². The van der Waals surface area contributed by atoms with Crippen LogP contribution in [0.4, 0.5) is 0 Å². The van der Waals surface area contributed by atoms with Gasteiger partial charge in [0.1, 0.15) is 11.9 Å². The molecular formula is C21H38O4. The largest absolute Gasteiger partial charge is 0.462 e. The molecule has 1 rings (SSSR count). The van der Waals surface area contributed by atoms with Crippen molar-refractivity contribution in [3.63, 3.8) is 0 Å². The molecule has 0 bridgehead atoms. The topological polar surface area (TPSA) is 63.6 Å². The van der Waals surface area contributed by atoms with Crippen LogP contribution in [0.2, 0.25) is 0 Å². The molecule has 8 atom stereocenters. The number of rotatable bonds is 1. The van der Waals surface area contributed by atoms with Crippen LogP contribution in [-0.2, 0) is 14.3 Å². The number of aliphatic hydroxyl groups excluding tert-OH is 1. The first-order valence-electron chi connectivity index (χ1n) is 10.0. The second-order valence-corrected chi connectivity index (χ2v) is 8.48. The van der Waals surface area contributed by atoms with E-state index < -0.39 is 12.0 Å². The Balaban J connectivity index is 3.04. The predicted octanol–water partition coefficient (Wildman–Crippen LogP) is 4.24. The van der Waals surface area contributed by atoms with Crippen molar-refractivity contribution in [1.82, 2.24) is 0 Å². The van der Waals surface area contributed by atoms with E-state index in [4.69, 9.17) is 4.74 Å². The second kappa shape index (κ2) is 9.70. The number of cyclic esters (lactones) is 1. The van der Waals surface area contributed by atoms with Crippen LogP contribution in [0.3, 0.4) is 0 Å². The number of ether oxygens (including phenoxy) is 1. The lowest BCUT2D eigenvalue weighted by molar-refractivity contribution is -0.162. The fourth-order valence-corrected chi connectivity index (χ4v) is 4.00. The lowest BCUT2D eigenvalue weighted by Crippen LogP contribution is -2.39. The summed E-state index contributed by atoms with van der Waals surface area (Å²) < 4.78 is 5.72. The number of carbonyl (C=O) groups excluding carboxylic acids is 2. The maximum atomic E-state index is 12.5. The summed E-state index contributed by atoms with van der Waals surface area (Å²) in [6.45, 7) is 14.0. The van der Waals surface area contributed by atoms with Gasteiger partial charge in [-0.3, -0.25) is 9.59 Å². The van der Waals surface area contributed by atoms with Crippen molar-refractivity contribution >= 4 is 11.8 Å². The molecule has 0 aromatic carbocycles. The van der Waals surface area contributed by atoms with Crippen molar-refractivity contribution in [2.75, 3.05) is 0 Å². The minimum Gasteiger partial charge on any atom is -0.462 e. The van der Waals surface area contributed by atoms with Crippen molar-refractivity contribution in [2.45, 2.75) is 86.4 Å². The summed E-state index contributed by atoms with van der Waals surface area (Å²) in [7, 11) is 0. The minimum absolute atomic E-state index is 0.00589. The van der Waals surface area contributed by atoms with Gasteiger partial charge in [-0.05, 0) is 49.9 Å². The maximum absolute atomic E-state index is 12.5. The van der Waals surface area contributed by atoms with E-state index in [-0.39, 0.29) is 35.7 Å². The van der Waals surface area contributed by atoms with Crippen LogP contribution < -0.4 is 0 Å². The third-order valence-electron chi connectivity index (χ3n) is 6.58. The Kier molecular flexibility index (Phi) is 8.59. The van der Waals surface area contributed by atoms with E-state index in [0.717, 1.165) is 19.3 Å². The summed E-state index contributed by atoms with van der Waals surface area (Å²) >= 11 is 0. The number of esters is 1. The number of aliphatic hydroxyl groups is 1. The Hall–Kier alpha value is -0.900. The molecule has 0 saturated carbocycles. The molecule has 1 N–H and O–H groups in total. The van der Waals surface area contributed by atoms with Gasteiger partial charge >= 0.3 is 5.97 Å². The van der Waals surface area contributed by atoms with E-state index in [1.54, 1.807) is 6.92 Å². The maximum Gasteiger partial charge on any atom is 0.311 e. The highest BCUT2D eigenvalue weighted by molar-refractivity contribution is 5.80. The van der Waals surface area contributed by atoms with E-state index in [1.165, 1.54) is 0 Å². The first kappa shape index (κ1) is 22.1. The summed E-state index contributed by atoms with van der Waals surface area (Å²) in [4.78, 5) is 25.0. The van der Waals surface area contributed by atoms with Gasteiger partial charge in [-0.1, -0.05) is 41.5 Å². The average molecular weight is 355 g/mol. The highest BCUT2D eigenvalue weighted by atomic mass is 16.5. The minimum atomic E-state index is -0.727. The quantitative estimate of drug-likeness (QED) is 0.715. The van der Waals surface area contributed by atoms with Crippen LogP contribution in [0.5, 0.6) is 0 Å². The smallest absolute Gasteiger partial charge is 0.311 e. The Morgan fingerprint density at radius 1 is 1.00 bits per heavy atom. The lowest BCUT2D eigenvalue weighted by atomic mass is 9.76. The van der Waals surface area contributed by atoms with Gasteiger partial charge in [-0.2, -0.15) is 0 Å². The zero-order chi connectivity index (χ0) is 19.3. The predicted molar refractivity (Wildman–Crippen MR) is 100 cm³/mol. The Morgan fingerprint density at radius 2 is 1.60 bits per heavy atom. The fraction of sp³-hybridized carbons (Fsp3) is 0.905. The van der Waals surface area contributed by atoms with Crippen molar-refractivity contribution < 1.29 is 19.4 Å². The molecule has 25 heavy (non-hydrogen) atoms. The molecule has 0 aromatic heterocycles. The van der Waals surface area contributed by atoms with Gasteiger partial charge in [0.2, 0.25) is 0 Å². The molecule has 146 valence electrons.